The molecule has 0 bridgehead atoms. The number of fused-ring (bicyclic) bond motifs is 1. The molecule has 5 rings (SSSR count). The highest BCUT2D eigenvalue weighted by Gasteiger charge is 2.30. The summed E-state index contributed by atoms with van der Waals surface area (Å²) >= 11 is 0. The van der Waals surface area contributed by atoms with E-state index in [0.29, 0.717) is 18.2 Å². The van der Waals surface area contributed by atoms with E-state index in [1.54, 1.807) is 12.3 Å². The van der Waals surface area contributed by atoms with Gasteiger partial charge >= 0.3 is 0 Å². The van der Waals surface area contributed by atoms with E-state index in [-0.39, 0.29) is 11.9 Å². The van der Waals surface area contributed by atoms with Crippen LogP contribution in [-0.4, -0.2) is 29.1 Å². The summed E-state index contributed by atoms with van der Waals surface area (Å²) < 4.78 is 11.0. The van der Waals surface area contributed by atoms with Crippen molar-refractivity contribution in [3.63, 3.8) is 0 Å². The molecule has 144 valence electrons. The highest BCUT2D eigenvalue weighted by molar-refractivity contribution is 5.92. The van der Waals surface area contributed by atoms with E-state index in [1.165, 1.54) is 11.1 Å². The Hall–Kier alpha value is -2.86. The number of rotatable bonds is 6. The van der Waals surface area contributed by atoms with Crippen molar-refractivity contribution in [2.45, 2.75) is 37.8 Å². The van der Waals surface area contributed by atoms with Gasteiger partial charge in [0.05, 0.1) is 12.3 Å². The minimum absolute atomic E-state index is 0.0258. The van der Waals surface area contributed by atoms with Gasteiger partial charge in [-0.1, -0.05) is 29.4 Å². The number of hydrogen-bond acceptors (Lipinski definition) is 5. The molecule has 28 heavy (non-hydrogen) atoms. The van der Waals surface area contributed by atoms with Gasteiger partial charge in [-0.25, -0.2) is 0 Å². The van der Waals surface area contributed by atoms with E-state index in [9.17, 15) is 4.79 Å². The fourth-order valence-electron chi connectivity index (χ4n) is 3.91. The lowest BCUT2D eigenvalue weighted by molar-refractivity contribution is 0.0910. The summed E-state index contributed by atoms with van der Waals surface area (Å²) in [6.07, 6.45) is 4.91. The normalized spacial score (nSPS) is 17.9. The molecule has 2 aromatic heterocycles. The third kappa shape index (κ3) is 3.47. The third-order valence-electron chi connectivity index (χ3n) is 5.67. The number of nitrogens with zero attached hydrogens (tertiary/aromatic N) is 2. The van der Waals surface area contributed by atoms with Crippen molar-refractivity contribution in [1.82, 2.24) is 15.4 Å². The molecule has 3 heterocycles. The molecule has 1 N–H and O–H groups in total. The first-order valence-corrected chi connectivity index (χ1v) is 9.87. The zero-order valence-electron chi connectivity index (χ0n) is 15.6. The summed E-state index contributed by atoms with van der Waals surface area (Å²) in [6, 6.07) is 14.1. The van der Waals surface area contributed by atoms with E-state index in [0.717, 1.165) is 43.9 Å². The molecule has 1 fully saturated rings. The Balaban J connectivity index is 1.30. The molecule has 1 amide bonds. The molecule has 2 aliphatic rings. The van der Waals surface area contributed by atoms with Crippen molar-refractivity contribution >= 4 is 5.91 Å². The Kier molecular flexibility index (Phi) is 4.49. The fourth-order valence-corrected chi connectivity index (χ4v) is 3.91. The second kappa shape index (κ2) is 7.28. The SMILES string of the molecule is O=C(NC[C@H](c1ccco1)N1CCc2ccccc2C1)c1cc(C2CC2)on1. The summed E-state index contributed by atoms with van der Waals surface area (Å²) in [4.78, 5) is 14.9. The summed E-state index contributed by atoms with van der Waals surface area (Å²) in [5, 5.41) is 6.95. The molecule has 6 heteroatoms. The largest absolute Gasteiger partial charge is 0.468 e. The second-order valence-electron chi connectivity index (χ2n) is 7.62. The quantitative estimate of drug-likeness (QED) is 0.710. The highest BCUT2D eigenvalue weighted by Crippen LogP contribution is 2.40. The lowest BCUT2D eigenvalue weighted by Crippen LogP contribution is -2.40. The van der Waals surface area contributed by atoms with E-state index in [4.69, 9.17) is 8.94 Å². The molecule has 0 unspecified atom stereocenters. The average molecular weight is 377 g/mol. The first kappa shape index (κ1) is 17.3. The van der Waals surface area contributed by atoms with Crippen LogP contribution in [0.25, 0.3) is 0 Å². The van der Waals surface area contributed by atoms with Crippen molar-refractivity contribution in [3.05, 3.63) is 77.1 Å². The predicted molar refractivity (Wildman–Crippen MR) is 103 cm³/mol. The van der Waals surface area contributed by atoms with Crippen LogP contribution in [0.15, 0.2) is 57.7 Å². The molecular weight excluding hydrogens is 354 g/mol. The molecule has 1 atom stereocenters. The van der Waals surface area contributed by atoms with Gasteiger partial charge in [0.15, 0.2) is 5.69 Å². The summed E-state index contributed by atoms with van der Waals surface area (Å²) in [5.74, 6) is 1.92. The summed E-state index contributed by atoms with van der Waals surface area (Å²) in [5.41, 5.74) is 3.09. The maximum absolute atomic E-state index is 12.6. The molecule has 3 aromatic rings. The van der Waals surface area contributed by atoms with Crippen LogP contribution in [-0.2, 0) is 13.0 Å². The molecular formula is C22H23N3O3. The van der Waals surface area contributed by atoms with Gasteiger partial charge in [0.1, 0.15) is 11.5 Å². The number of benzene rings is 1. The molecule has 6 nitrogen and oxygen atoms in total. The summed E-state index contributed by atoms with van der Waals surface area (Å²) in [7, 11) is 0. The van der Waals surface area contributed by atoms with Crippen molar-refractivity contribution in [2.75, 3.05) is 13.1 Å². The standard InChI is InChI=1S/C22H23N3O3/c26-22(18-12-21(28-24-18)16-7-8-16)23-13-19(20-6-3-11-27-20)25-10-9-15-4-1-2-5-17(15)14-25/h1-6,11-12,16,19H,7-10,13-14H2,(H,23,26)/t19-/m1/s1. The van der Waals surface area contributed by atoms with Crippen LogP contribution in [0.3, 0.4) is 0 Å². The van der Waals surface area contributed by atoms with E-state index < -0.39 is 0 Å². The lowest BCUT2D eigenvalue weighted by Gasteiger charge is -2.34. The van der Waals surface area contributed by atoms with Gasteiger partial charge in [-0.3, -0.25) is 9.69 Å². The first-order valence-electron chi connectivity index (χ1n) is 9.87. The highest BCUT2D eigenvalue weighted by atomic mass is 16.5. The predicted octanol–water partition coefficient (Wildman–Crippen LogP) is 3.67. The molecule has 0 radical (unpaired) electrons. The van der Waals surface area contributed by atoms with Crippen LogP contribution in [0.5, 0.6) is 0 Å². The van der Waals surface area contributed by atoms with Crippen molar-refractivity contribution in [3.8, 4) is 0 Å². The van der Waals surface area contributed by atoms with Crippen LogP contribution in [0, 0.1) is 0 Å². The van der Waals surface area contributed by atoms with Crippen molar-refractivity contribution in [2.24, 2.45) is 0 Å². The smallest absolute Gasteiger partial charge is 0.273 e. The van der Waals surface area contributed by atoms with Crippen LogP contribution in [0.1, 0.15) is 57.9 Å². The maximum Gasteiger partial charge on any atom is 0.273 e. The van der Waals surface area contributed by atoms with Crippen LogP contribution < -0.4 is 5.32 Å². The number of amides is 1. The monoisotopic (exact) mass is 377 g/mol. The average Bonchev–Trinajstić information content (AvgIpc) is 3.22. The maximum atomic E-state index is 12.6. The number of carbonyl (C=O) groups is 1. The molecule has 1 aliphatic carbocycles. The topological polar surface area (TPSA) is 71.5 Å². The van der Waals surface area contributed by atoms with Crippen LogP contribution >= 0.6 is 0 Å². The van der Waals surface area contributed by atoms with Crippen molar-refractivity contribution in [1.29, 1.82) is 0 Å². The van der Waals surface area contributed by atoms with E-state index in [1.807, 2.05) is 12.1 Å². The zero-order valence-corrected chi connectivity index (χ0v) is 15.6. The van der Waals surface area contributed by atoms with Gasteiger partial charge in [0, 0.05) is 31.6 Å². The number of aromatic nitrogens is 1. The second-order valence-corrected chi connectivity index (χ2v) is 7.62. The molecule has 0 saturated heterocycles. The third-order valence-corrected chi connectivity index (χ3v) is 5.67. The Bertz CT molecular complexity index is 959. The Morgan fingerprint density at radius 1 is 1.21 bits per heavy atom. The van der Waals surface area contributed by atoms with E-state index in [2.05, 4.69) is 39.6 Å². The van der Waals surface area contributed by atoms with Gasteiger partial charge in [-0.05, 0) is 42.5 Å². The van der Waals surface area contributed by atoms with E-state index >= 15 is 0 Å². The number of nitrogens with one attached hydrogen (secondary N) is 1. The Morgan fingerprint density at radius 3 is 2.86 bits per heavy atom. The van der Waals surface area contributed by atoms with Gasteiger partial charge in [-0.15, -0.1) is 0 Å². The fraction of sp³-hybridized carbons (Fsp3) is 0.364. The number of furan rings is 1. The molecule has 1 saturated carbocycles. The van der Waals surface area contributed by atoms with Gasteiger partial charge in [0.25, 0.3) is 5.91 Å². The molecule has 1 aromatic carbocycles. The molecule has 0 spiro atoms. The van der Waals surface area contributed by atoms with Gasteiger partial charge in [0.2, 0.25) is 0 Å². The summed E-state index contributed by atoms with van der Waals surface area (Å²) in [6.45, 7) is 2.22. The first-order chi connectivity index (χ1) is 13.8. The van der Waals surface area contributed by atoms with Gasteiger partial charge < -0.3 is 14.3 Å². The Labute approximate surface area is 163 Å². The Morgan fingerprint density at radius 2 is 2.07 bits per heavy atom. The minimum atomic E-state index is -0.204. The zero-order chi connectivity index (χ0) is 18.9. The number of carbonyl (C=O) groups excluding carboxylic acids is 1. The van der Waals surface area contributed by atoms with Gasteiger partial charge in [-0.2, -0.15) is 0 Å². The van der Waals surface area contributed by atoms with Crippen molar-refractivity contribution < 1.29 is 13.7 Å². The number of hydrogen-bond donors (Lipinski definition) is 1. The van der Waals surface area contributed by atoms with Crippen LogP contribution in [0.4, 0.5) is 0 Å². The lowest BCUT2D eigenvalue weighted by atomic mass is 9.98. The van der Waals surface area contributed by atoms with Crippen LogP contribution in [0.2, 0.25) is 0 Å². The minimum Gasteiger partial charge on any atom is -0.468 e. The molecule has 1 aliphatic heterocycles.